The highest BCUT2D eigenvalue weighted by Crippen LogP contribution is 2.11. The molecule has 10 N–H and O–H groups in total. The highest BCUT2D eigenvalue weighted by molar-refractivity contribution is 7.80. The smallest absolute Gasteiger partial charge is 0.326 e. The molecule has 1 aromatic carbocycles. The number of hydrogen-bond donors (Lipinski definition) is 8. The Morgan fingerprint density at radius 2 is 1.67 bits per heavy atom. The molecule has 12 heteroatoms. The molecular formula is C18H28N6O5S. The Morgan fingerprint density at radius 3 is 2.20 bits per heavy atom. The van der Waals surface area contributed by atoms with Gasteiger partial charge in [-0.2, -0.15) is 12.6 Å². The zero-order chi connectivity index (χ0) is 22.7. The topological polar surface area (TPSA) is 206 Å². The first-order valence-electron chi connectivity index (χ1n) is 9.17. The van der Waals surface area contributed by atoms with Gasteiger partial charge in [0.25, 0.3) is 0 Å². The molecule has 0 saturated carbocycles. The molecule has 3 unspecified atom stereocenters. The molecule has 0 bridgehead atoms. The van der Waals surface area contributed by atoms with Gasteiger partial charge in [-0.05, 0) is 30.5 Å². The van der Waals surface area contributed by atoms with E-state index in [0.29, 0.717) is 24.9 Å². The fourth-order valence-electron chi connectivity index (χ4n) is 2.46. The van der Waals surface area contributed by atoms with Gasteiger partial charge in [0.05, 0.1) is 6.04 Å². The number of phenols is 1. The quantitative estimate of drug-likeness (QED) is 0.0811. The lowest BCUT2D eigenvalue weighted by Gasteiger charge is -2.21. The lowest BCUT2D eigenvalue weighted by molar-refractivity contribution is -0.142. The molecule has 11 nitrogen and oxygen atoms in total. The highest BCUT2D eigenvalue weighted by Gasteiger charge is 2.27. The summed E-state index contributed by atoms with van der Waals surface area (Å²) in [5.41, 5.74) is 16.8. The van der Waals surface area contributed by atoms with E-state index in [-0.39, 0.29) is 23.9 Å². The molecule has 3 atom stereocenters. The van der Waals surface area contributed by atoms with Gasteiger partial charge in [0, 0.05) is 18.7 Å². The highest BCUT2D eigenvalue weighted by atomic mass is 32.1. The van der Waals surface area contributed by atoms with Crippen molar-refractivity contribution in [2.75, 3.05) is 12.3 Å². The summed E-state index contributed by atoms with van der Waals surface area (Å²) in [7, 11) is 0. The molecule has 0 aromatic heterocycles. The largest absolute Gasteiger partial charge is 0.508 e. The minimum Gasteiger partial charge on any atom is -0.508 e. The Labute approximate surface area is 179 Å². The summed E-state index contributed by atoms with van der Waals surface area (Å²) < 4.78 is 0. The van der Waals surface area contributed by atoms with Crippen LogP contribution < -0.4 is 27.8 Å². The van der Waals surface area contributed by atoms with E-state index < -0.39 is 35.9 Å². The number of rotatable bonds is 12. The lowest BCUT2D eigenvalue weighted by Crippen LogP contribution is -2.55. The van der Waals surface area contributed by atoms with Gasteiger partial charge in [-0.3, -0.25) is 14.6 Å². The molecule has 0 saturated heterocycles. The first-order chi connectivity index (χ1) is 14.1. The molecule has 1 rings (SSSR count). The van der Waals surface area contributed by atoms with Gasteiger partial charge in [0.2, 0.25) is 11.8 Å². The number of nitrogens with one attached hydrogen (secondary N) is 2. The van der Waals surface area contributed by atoms with Gasteiger partial charge in [-0.15, -0.1) is 0 Å². The molecule has 0 aliphatic carbocycles. The Kier molecular flexibility index (Phi) is 10.5. The number of aliphatic imine (C=N–C) groups is 1. The minimum atomic E-state index is -1.24. The maximum atomic E-state index is 12.5. The van der Waals surface area contributed by atoms with Crippen molar-refractivity contribution in [3.8, 4) is 5.75 Å². The molecule has 0 spiro atoms. The van der Waals surface area contributed by atoms with Crippen molar-refractivity contribution in [1.29, 1.82) is 0 Å². The maximum absolute atomic E-state index is 12.5. The predicted octanol–water partition coefficient (Wildman–Crippen LogP) is -1.70. The Morgan fingerprint density at radius 1 is 1.07 bits per heavy atom. The number of guanidine groups is 1. The molecular weight excluding hydrogens is 412 g/mol. The van der Waals surface area contributed by atoms with Crippen molar-refractivity contribution in [1.82, 2.24) is 10.6 Å². The van der Waals surface area contributed by atoms with E-state index in [1.807, 2.05) is 0 Å². The summed E-state index contributed by atoms with van der Waals surface area (Å²) >= 11 is 4.05. The number of phenolic OH excluding ortho intramolecular Hbond substituents is 1. The number of nitrogens with zero attached hydrogens (tertiary/aromatic N) is 1. The third-order valence-corrected chi connectivity index (χ3v) is 4.48. The summed E-state index contributed by atoms with van der Waals surface area (Å²) in [5.74, 6) is -2.57. The van der Waals surface area contributed by atoms with E-state index in [1.165, 1.54) is 12.1 Å². The summed E-state index contributed by atoms with van der Waals surface area (Å²) in [6, 6.07) is 2.76. The molecule has 0 fully saturated rings. The van der Waals surface area contributed by atoms with Gasteiger partial charge >= 0.3 is 5.97 Å². The van der Waals surface area contributed by atoms with E-state index in [9.17, 15) is 24.6 Å². The maximum Gasteiger partial charge on any atom is 0.326 e. The third-order valence-electron chi connectivity index (χ3n) is 4.11. The summed E-state index contributed by atoms with van der Waals surface area (Å²) in [6.07, 6.45) is 0.763. The van der Waals surface area contributed by atoms with Gasteiger partial charge in [0.1, 0.15) is 17.8 Å². The van der Waals surface area contributed by atoms with Crippen LogP contribution in [0.1, 0.15) is 18.4 Å². The van der Waals surface area contributed by atoms with E-state index in [2.05, 4.69) is 28.3 Å². The van der Waals surface area contributed by atoms with Gasteiger partial charge in [0.15, 0.2) is 5.96 Å². The number of aromatic hydroxyl groups is 1. The predicted molar refractivity (Wildman–Crippen MR) is 115 cm³/mol. The van der Waals surface area contributed by atoms with Crippen LogP contribution in [0.3, 0.4) is 0 Å². The Balaban J connectivity index is 2.63. The molecule has 0 radical (unpaired) electrons. The fraction of sp³-hybridized carbons (Fsp3) is 0.444. The van der Waals surface area contributed by atoms with Crippen molar-refractivity contribution in [2.24, 2.45) is 22.2 Å². The molecule has 166 valence electrons. The van der Waals surface area contributed by atoms with Crippen LogP contribution in [0.4, 0.5) is 0 Å². The second kappa shape index (κ2) is 12.5. The number of nitrogens with two attached hydrogens (primary N) is 3. The average molecular weight is 441 g/mol. The van der Waals surface area contributed by atoms with Crippen LogP contribution >= 0.6 is 12.6 Å². The molecule has 2 amide bonds. The molecule has 0 aliphatic heterocycles. The second-order valence-corrected chi connectivity index (χ2v) is 6.93. The van der Waals surface area contributed by atoms with Crippen LogP contribution in [0.5, 0.6) is 5.75 Å². The molecule has 0 heterocycles. The van der Waals surface area contributed by atoms with E-state index in [4.69, 9.17) is 17.2 Å². The van der Waals surface area contributed by atoms with E-state index in [1.54, 1.807) is 12.1 Å². The van der Waals surface area contributed by atoms with Crippen molar-refractivity contribution in [3.63, 3.8) is 0 Å². The molecule has 0 aliphatic rings. The molecule has 1 aromatic rings. The zero-order valence-corrected chi connectivity index (χ0v) is 17.2. The number of carboxylic acids is 1. The van der Waals surface area contributed by atoms with Crippen molar-refractivity contribution in [2.45, 2.75) is 37.4 Å². The Hall–Kier alpha value is -2.99. The number of aliphatic carboxylic acids is 1. The number of hydrogen-bond acceptors (Lipinski definition) is 7. The first kappa shape index (κ1) is 25.0. The monoisotopic (exact) mass is 440 g/mol. The SMILES string of the molecule is NC(N)=NCCCC(N)C(=O)NC(CS)C(=O)NC(Cc1ccc(O)cc1)C(=O)O. The van der Waals surface area contributed by atoms with E-state index >= 15 is 0 Å². The average Bonchev–Trinajstić information content (AvgIpc) is 2.69. The Bertz CT molecular complexity index is 754. The second-order valence-electron chi connectivity index (χ2n) is 6.57. The summed E-state index contributed by atoms with van der Waals surface area (Å²) in [6.45, 7) is 0.317. The summed E-state index contributed by atoms with van der Waals surface area (Å²) in [5, 5.41) is 23.6. The first-order valence-corrected chi connectivity index (χ1v) is 9.80. The van der Waals surface area contributed by atoms with Crippen LogP contribution in [0.25, 0.3) is 0 Å². The van der Waals surface area contributed by atoms with E-state index in [0.717, 1.165) is 0 Å². The standard InChI is InChI=1S/C18H28N6O5S/c19-12(2-1-7-22-18(20)21)15(26)24-14(9-30)16(27)23-13(17(28)29)8-10-3-5-11(25)6-4-10/h3-6,12-14,25,30H,1-2,7-9,19H2,(H,23,27)(H,24,26)(H,28,29)(H4,20,21,22). The van der Waals surface area contributed by atoms with Gasteiger partial charge < -0.3 is 38.0 Å². The van der Waals surface area contributed by atoms with Crippen molar-refractivity contribution in [3.05, 3.63) is 29.8 Å². The summed E-state index contributed by atoms with van der Waals surface area (Å²) in [4.78, 5) is 40.0. The number of carbonyl (C=O) groups is 3. The minimum absolute atomic E-state index is 0.00109. The van der Waals surface area contributed by atoms with Crippen LogP contribution in [-0.2, 0) is 20.8 Å². The van der Waals surface area contributed by atoms with Crippen molar-refractivity contribution >= 4 is 36.4 Å². The number of amides is 2. The van der Waals surface area contributed by atoms with Crippen LogP contribution in [0.2, 0.25) is 0 Å². The van der Waals surface area contributed by atoms with Crippen LogP contribution in [-0.4, -0.2) is 64.4 Å². The number of carboxylic acid groups (broad SMARTS) is 1. The van der Waals surface area contributed by atoms with Crippen LogP contribution in [0.15, 0.2) is 29.3 Å². The third kappa shape index (κ3) is 9.01. The van der Waals surface area contributed by atoms with Crippen molar-refractivity contribution < 1.29 is 24.6 Å². The van der Waals surface area contributed by atoms with Gasteiger partial charge in [-0.25, -0.2) is 4.79 Å². The number of carbonyl (C=O) groups excluding carboxylic acids is 2. The normalized spacial score (nSPS) is 13.5. The lowest BCUT2D eigenvalue weighted by atomic mass is 10.1. The van der Waals surface area contributed by atoms with Gasteiger partial charge in [-0.1, -0.05) is 12.1 Å². The fourth-order valence-corrected chi connectivity index (χ4v) is 2.72. The molecule has 30 heavy (non-hydrogen) atoms. The number of thiol groups is 1. The zero-order valence-electron chi connectivity index (χ0n) is 16.3. The number of benzene rings is 1. The van der Waals surface area contributed by atoms with Crippen LogP contribution in [0, 0.1) is 0 Å².